The number of nitrogens with two attached hydrogens (primary N) is 1. The first-order chi connectivity index (χ1) is 14.2. The highest BCUT2D eigenvalue weighted by molar-refractivity contribution is 6.06. The summed E-state index contributed by atoms with van der Waals surface area (Å²) in [5, 5.41) is 3.52. The molecule has 2 aromatic heterocycles. The van der Waals surface area contributed by atoms with E-state index in [0.717, 1.165) is 16.7 Å². The Morgan fingerprint density at radius 1 is 1.07 bits per heavy atom. The second-order valence-electron chi connectivity index (χ2n) is 6.37. The monoisotopic (exact) mass is 385 g/mol. The van der Waals surface area contributed by atoms with E-state index in [9.17, 15) is 4.79 Å². The number of pyridine rings is 1. The number of fused-ring (bicyclic) bond motifs is 1. The van der Waals surface area contributed by atoms with Crippen molar-refractivity contribution in [1.82, 2.24) is 20.3 Å². The van der Waals surface area contributed by atoms with Gasteiger partial charge < -0.3 is 15.8 Å². The fourth-order valence-corrected chi connectivity index (χ4v) is 3.22. The standard InChI is InChI=1S/C22H19N5O2/c1-29-18-10-4-9-17-19(18)26-22(23)27-20(17)21(28)25-13-15-6-2-3-8-16(15)14-7-5-11-24-12-14/h2-12H,13H2,1H3,(H,25,28)(H2,23,26,27). The van der Waals surface area contributed by atoms with Crippen LogP contribution >= 0.6 is 0 Å². The molecule has 0 atom stereocenters. The van der Waals surface area contributed by atoms with Crippen LogP contribution in [-0.4, -0.2) is 28.0 Å². The molecule has 0 spiro atoms. The molecule has 0 saturated heterocycles. The Bertz CT molecular complexity index is 1180. The van der Waals surface area contributed by atoms with Crippen molar-refractivity contribution < 1.29 is 9.53 Å². The predicted molar refractivity (Wildman–Crippen MR) is 111 cm³/mol. The molecule has 4 aromatic rings. The van der Waals surface area contributed by atoms with Gasteiger partial charge in [-0.25, -0.2) is 9.97 Å². The van der Waals surface area contributed by atoms with Crippen LogP contribution < -0.4 is 15.8 Å². The van der Waals surface area contributed by atoms with Crippen LogP contribution in [0.1, 0.15) is 16.1 Å². The van der Waals surface area contributed by atoms with Gasteiger partial charge in [-0.15, -0.1) is 0 Å². The van der Waals surface area contributed by atoms with E-state index in [1.54, 1.807) is 37.7 Å². The molecule has 0 radical (unpaired) electrons. The molecule has 144 valence electrons. The Labute approximate surface area is 167 Å². The third-order valence-corrected chi connectivity index (χ3v) is 4.57. The minimum absolute atomic E-state index is 0.0166. The van der Waals surface area contributed by atoms with Gasteiger partial charge in [0.2, 0.25) is 5.95 Å². The largest absolute Gasteiger partial charge is 0.494 e. The van der Waals surface area contributed by atoms with E-state index in [1.165, 1.54) is 0 Å². The number of hydrogen-bond acceptors (Lipinski definition) is 6. The molecule has 0 bridgehead atoms. The Balaban J connectivity index is 1.64. The summed E-state index contributed by atoms with van der Waals surface area (Å²) < 4.78 is 5.33. The van der Waals surface area contributed by atoms with Crippen molar-refractivity contribution in [3.8, 4) is 16.9 Å². The smallest absolute Gasteiger partial charge is 0.271 e. The number of anilines is 1. The van der Waals surface area contributed by atoms with Crippen LogP contribution in [0.15, 0.2) is 67.0 Å². The number of carbonyl (C=O) groups excluding carboxylic acids is 1. The lowest BCUT2D eigenvalue weighted by Crippen LogP contribution is -2.25. The number of ether oxygens (including phenoxy) is 1. The lowest BCUT2D eigenvalue weighted by atomic mass is 10.0. The van der Waals surface area contributed by atoms with Crippen LogP contribution in [0.2, 0.25) is 0 Å². The third kappa shape index (κ3) is 3.70. The minimum Gasteiger partial charge on any atom is -0.494 e. The summed E-state index contributed by atoms with van der Waals surface area (Å²) in [4.78, 5) is 25.5. The van der Waals surface area contributed by atoms with Crippen molar-refractivity contribution in [2.24, 2.45) is 0 Å². The quantitative estimate of drug-likeness (QED) is 0.547. The van der Waals surface area contributed by atoms with Crippen molar-refractivity contribution in [3.63, 3.8) is 0 Å². The maximum atomic E-state index is 12.9. The zero-order valence-electron chi connectivity index (χ0n) is 15.8. The van der Waals surface area contributed by atoms with Crippen LogP contribution in [0.25, 0.3) is 22.0 Å². The van der Waals surface area contributed by atoms with Gasteiger partial charge in [0.05, 0.1) is 7.11 Å². The number of rotatable bonds is 5. The van der Waals surface area contributed by atoms with Crippen LogP contribution in [0.3, 0.4) is 0 Å². The summed E-state index contributed by atoms with van der Waals surface area (Å²) in [5.74, 6) is 0.217. The number of amides is 1. The molecule has 7 nitrogen and oxygen atoms in total. The average molecular weight is 385 g/mol. The highest BCUT2D eigenvalue weighted by Crippen LogP contribution is 2.26. The number of carbonyl (C=O) groups is 1. The SMILES string of the molecule is COc1cccc2c(C(=O)NCc3ccccc3-c3cccnc3)nc(N)nc12. The molecule has 0 aliphatic carbocycles. The number of aromatic nitrogens is 3. The van der Waals surface area contributed by atoms with Crippen LogP contribution in [0, 0.1) is 0 Å². The molecule has 0 aliphatic rings. The fourth-order valence-electron chi connectivity index (χ4n) is 3.22. The molecule has 7 heteroatoms. The van der Waals surface area contributed by atoms with Gasteiger partial charge in [0.25, 0.3) is 5.91 Å². The molecule has 29 heavy (non-hydrogen) atoms. The highest BCUT2D eigenvalue weighted by Gasteiger charge is 2.17. The van der Waals surface area contributed by atoms with Gasteiger partial charge in [-0.1, -0.05) is 42.5 Å². The zero-order valence-corrected chi connectivity index (χ0v) is 15.8. The molecule has 1 amide bonds. The molecule has 4 rings (SSSR count). The van der Waals surface area contributed by atoms with E-state index >= 15 is 0 Å². The van der Waals surface area contributed by atoms with Gasteiger partial charge in [-0.05, 0) is 23.3 Å². The van der Waals surface area contributed by atoms with Crippen molar-refractivity contribution >= 4 is 22.8 Å². The number of methoxy groups -OCH3 is 1. The van der Waals surface area contributed by atoms with Crippen LogP contribution in [0.4, 0.5) is 5.95 Å². The Morgan fingerprint density at radius 2 is 1.93 bits per heavy atom. The summed E-state index contributed by atoms with van der Waals surface area (Å²) in [5.41, 5.74) is 9.51. The van der Waals surface area contributed by atoms with Gasteiger partial charge in [-0.3, -0.25) is 9.78 Å². The molecular weight excluding hydrogens is 366 g/mol. The molecule has 0 aliphatic heterocycles. The van der Waals surface area contributed by atoms with E-state index in [1.807, 2.05) is 36.4 Å². The van der Waals surface area contributed by atoms with E-state index in [-0.39, 0.29) is 17.5 Å². The summed E-state index contributed by atoms with van der Waals surface area (Å²) in [6.45, 7) is 0.333. The summed E-state index contributed by atoms with van der Waals surface area (Å²) in [7, 11) is 1.54. The molecular formula is C22H19N5O2. The lowest BCUT2D eigenvalue weighted by Gasteiger charge is -2.12. The van der Waals surface area contributed by atoms with Crippen molar-refractivity contribution in [1.29, 1.82) is 0 Å². The maximum absolute atomic E-state index is 12.9. The first kappa shape index (κ1) is 18.4. The Morgan fingerprint density at radius 3 is 2.72 bits per heavy atom. The molecule has 0 saturated carbocycles. The zero-order chi connectivity index (χ0) is 20.2. The van der Waals surface area contributed by atoms with E-state index in [0.29, 0.717) is 23.2 Å². The molecule has 2 aromatic carbocycles. The van der Waals surface area contributed by atoms with Gasteiger partial charge in [0, 0.05) is 29.9 Å². The first-order valence-corrected chi connectivity index (χ1v) is 9.04. The number of nitrogen functional groups attached to an aromatic ring is 1. The lowest BCUT2D eigenvalue weighted by molar-refractivity contribution is 0.0948. The van der Waals surface area contributed by atoms with Gasteiger partial charge in [0.15, 0.2) is 0 Å². The number of nitrogens with one attached hydrogen (secondary N) is 1. The average Bonchev–Trinajstić information content (AvgIpc) is 2.77. The number of hydrogen-bond donors (Lipinski definition) is 2. The Hall–Kier alpha value is -4.00. The Kier molecular flexibility index (Phi) is 5.03. The van der Waals surface area contributed by atoms with Gasteiger partial charge >= 0.3 is 0 Å². The highest BCUT2D eigenvalue weighted by atomic mass is 16.5. The normalized spacial score (nSPS) is 10.7. The number of para-hydroxylation sites is 1. The van der Waals surface area contributed by atoms with Gasteiger partial charge in [0.1, 0.15) is 17.0 Å². The maximum Gasteiger partial charge on any atom is 0.271 e. The molecule has 3 N–H and O–H groups in total. The third-order valence-electron chi connectivity index (χ3n) is 4.57. The fraction of sp³-hybridized carbons (Fsp3) is 0.0909. The second kappa shape index (κ2) is 7.93. The molecule has 0 unspecified atom stereocenters. The van der Waals surface area contributed by atoms with E-state index in [2.05, 4.69) is 20.3 Å². The molecule has 0 fully saturated rings. The van der Waals surface area contributed by atoms with Crippen LogP contribution in [0.5, 0.6) is 5.75 Å². The predicted octanol–water partition coefficient (Wildman–Crippen LogP) is 3.21. The van der Waals surface area contributed by atoms with Crippen molar-refractivity contribution in [2.45, 2.75) is 6.54 Å². The summed E-state index contributed by atoms with van der Waals surface area (Å²) in [6.07, 6.45) is 3.53. The van der Waals surface area contributed by atoms with E-state index < -0.39 is 0 Å². The number of benzene rings is 2. The summed E-state index contributed by atoms with van der Waals surface area (Å²) >= 11 is 0. The number of nitrogens with zero attached hydrogens (tertiary/aromatic N) is 3. The molecule has 2 heterocycles. The second-order valence-corrected chi connectivity index (χ2v) is 6.37. The van der Waals surface area contributed by atoms with Crippen LogP contribution in [-0.2, 0) is 6.54 Å². The summed E-state index contributed by atoms with van der Waals surface area (Å²) in [6, 6.07) is 17.1. The van der Waals surface area contributed by atoms with Crippen molar-refractivity contribution in [3.05, 3.63) is 78.2 Å². The van der Waals surface area contributed by atoms with E-state index in [4.69, 9.17) is 10.5 Å². The topological polar surface area (TPSA) is 103 Å². The van der Waals surface area contributed by atoms with Gasteiger partial charge in [-0.2, -0.15) is 0 Å². The minimum atomic E-state index is -0.335. The van der Waals surface area contributed by atoms with Crippen molar-refractivity contribution in [2.75, 3.05) is 12.8 Å². The first-order valence-electron chi connectivity index (χ1n) is 9.04.